The van der Waals surface area contributed by atoms with Gasteiger partial charge in [0.2, 0.25) is 5.60 Å². The summed E-state index contributed by atoms with van der Waals surface area (Å²) in [6.45, 7) is 3.96. The number of aliphatic hydroxyl groups is 1. The van der Waals surface area contributed by atoms with Crippen molar-refractivity contribution in [2.24, 2.45) is 0 Å². The zero-order chi connectivity index (χ0) is 17.2. The van der Waals surface area contributed by atoms with Crippen LogP contribution < -0.4 is 17.0 Å². The molecule has 25 heavy (non-hydrogen) atoms. The van der Waals surface area contributed by atoms with Gasteiger partial charge in [-0.05, 0) is 22.9 Å². The van der Waals surface area contributed by atoms with Crippen LogP contribution in [0.2, 0.25) is 0 Å². The summed E-state index contributed by atoms with van der Waals surface area (Å²) in [7, 11) is 4.06. The van der Waals surface area contributed by atoms with Crippen molar-refractivity contribution in [2.75, 3.05) is 40.3 Å². The minimum absolute atomic E-state index is 0. The molecule has 0 bridgehead atoms. The summed E-state index contributed by atoms with van der Waals surface area (Å²) in [5.74, 6) is -0.238. The van der Waals surface area contributed by atoms with Gasteiger partial charge in [-0.3, -0.25) is 4.79 Å². The van der Waals surface area contributed by atoms with E-state index in [2.05, 4.69) is 7.05 Å². The van der Waals surface area contributed by atoms with Gasteiger partial charge in [0.25, 0.3) is 5.91 Å². The zero-order valence-electron chi connectivity index (χ0n) is 14.7. The van der Waals surface area contributed by atoms with Gasteiger partial charge in [0, 0.05) is 19.9 Å². The number of likely N-dealkylation sites (tertiary alicyclic amines) is 1. The van der Waals surface area contributed by atoms with Crippen LogP contribution in [0.3, 0.4) is 0 Å². The summed E-state index contributed by atoms with van der Waals surface area (Å²) in [6, 6.07) is 7.43. The van der Waals surface area contributed by atoms with Crippen molar-refractivity contribution in [3.05, 3.63) is 44.8 Å². The molecule has 4 nitrogen and oxygen atoms in total. The highest BCUT2D eigenvalue weighted by atomic mass is 79.9. The average molecular weight is 445 g/mol. The number of rotatable bonds is 6. The molecule has 0 aromatic carbocycles. The molecule has 0 aliphatic carbocycles. The normalized spacial score (nSPS) is 16.4. The van der Waals surface area contributed by atoms with Crippen molar-refractivity contribution in [3.63, 3.8) is 0 Å². The van der Waals surface area contributed by atoms with Crippen LogP contribution in [0, 0.1) is 0 Å². The monoisotopic (exact) mass is 444 g/mol. The van der Waals surface area contributed by atoms with Gasteiger partial charge in [-0.15, -0.1) is 22.7 Å². The van der Waals surface area contributed by atoms with Crippen LogP contribution in [-0.4, -0.2) is 60.7 Å². The third-order valence-corrected chi connectivity index (χ3v) is 6.99. The molecule has 3 rings (SSSR count). The molecule has 2 aromatic heterocycles. The van der Waals surface area contributed by atoms with E-state index >= 15 is 0 Å². The van der Waals surface area contributed by atoms with E-state index in [0.717, 1.165) is 11.0 Å². The van der Waals surface area contributed by atoms with Crippen LogP contribution in [0.15, 0.2) is 35.0 Å². The Balaban J connectivity index is 0.00000225. The topological polar surface area (TPSA) is 40.5 Å². The maximum absolute atomic E-state index is 13.2. The van der Waals surface area contributed by atoms with Gasteiger partial charge >= 0.3 is 0 Å². The van der Waals surface area contributed by atoms with Gasteiger partial charge in [0.15, 0.2) is 0 Å². The van der Waals surface area contributed by atoms with Crippen molar-refractivity contribution in [1.29, 1.82) is 0 Å². The average Bonchev–Trinajstić information content (AvgIpc) is 3.33. The van der Waals surface area contributed by atoms with E-state index in [4.69, 9.17) is 0 Å². The highest BCUT2D eigenvalue weighted by molar-refractivity contribution is 7.12. The number of hydrogen-bond donors (Lipinski definition) is 1. The fourth-order valence-corrected chi connectivity index (χ4v) is 5.11. The molecule has 0 unspecified atom stereocenters. The van der Waals surface area contributed by atoms with Crippen LogP contribution in [0.1, 0.15) is 22.6 Å². The Labute approximate surface area is 168 Å². The smallest absolute Gasteiger partial charge is 0.265 e. The first-order valence-corrected chi connectivity index (χ1v) is 10.1. The van der Waals surface area contributed by atoms with E-state index in [1.165, 1.54) is 48.6 Å². The highest BCUT2D eigenvalue weighted by Gasteiger charge is 2.44. The SMILES string of the molecule is CN(CC[N+]1(C)CCCC1)C(=O)C(O)(c1cccs1)c1cccs1.[Br-]. The van der Waals surface area contributed by atoms with Crippen molar-refractivity contribution in [1.82, 2.24) is 4.90 Å². The molecule has 1 fully saturated rings. The first-order chi connectivity index (χ1) is 11.5. The summed E-state index contributed by atoms with van der Waals surface area (Å²) < 4.78 is 1.02. The summed E-state index contributed by atoms with van der Waals surface area (Å²) in [5.41, 5.74) is -1.57. The molecular formula is C18H25BrN2O2S2. The molecule has 7 heteroatoms. The second-order valence-electron chi connectivity index (χ2n) is 6.89. The molecule has 1 aliphatic heterocycles. The predicted molar refractivity (Wildman–Crippen MR) is 99.3 cm³/mol. The Bertz CT molecular complexity index is 633. The lowest BCUT2D eigenvalue weighted by Crippen LogP contribution is -3.00. The third kappa shape index (κ3) is 4.17. The number of thiophene rings is 2. The van der Waals surface area contributed by atoms with Crippen LogP contribution in [0.25, 0.3) is 0 Å². The quantitative estimate of drug-likeness (QED) is 0.624. The van der Waals surface area contributed by atoms with Crippen molar-refractivity contribution in [2.45, 2.75) is 18.4 Å². The lowest BCUT2D eigenvalue weighted by molar-refractivity contribution is -0.897. The number of halogens is 1. The van der Waals surface area contributed by atoms with Gasteiger partial charge in [-0.25, -0.2) is 0 Å². The molecule has 1 amide bonds. The molecule has 3 heterocycles. The lowest BCUT2D eigenvalue weighted by atomic mass is 9.98. The second-order valence-corrected chi connectivity index (χ2v) is 8.78. The summed E-state index contributed by atoms with van der Waals surface area (Å²) in [6.07, 6.45) is 2.53. The van der Waals surface area contributed by atoms with E-state index < -0.39 is 5.60 Å². The van der Waals surface area contributed by atoms with Crippen LogP contribution in [0.5, 0.6) is 0 Å². The van der Waals surface area contributed by atoms with Gasteiger partial charge in [0.1, 0.15) is 0 Å². The number of carbonyl (C=O) groups is 1. The molecule has 138 valence electrons. The molecule has 0 radical (unpaired) electrons. The molecule has 1 N–H and O–H groups in total. The third-order valence-electron chi connectivity index (χ3n) is 5.03. The van der Waals surface area contributed by atoms with E-state index in [1.54, 1.807) is 11.9 Å². The standard InChI is InChI=1S/C18H25N2O2S2.BrH/c1-19(9-12-20(2)10-3-4-11-20)17(21)18(22,15-7-5-13-23-15)16-8-6-14-24-16;/h5-8,13-14,22H,3-4,9-12H2,1-2H3;1H/q+1;/p-1. The maximum Gasteiger partial charge on any atom is 0.265 e. The molecular weight excluding hydrogens is 420 g/mol. The Morgan fingerprint density at radius 1 is 1.20 bits per heavy atom. The fraction of sp³-hybridized carbons (Fsp3) is 0.500. The van der Waals surface area contributed by atoms with Gasteiger partial charge in [-0.1, -0.05) is 12.1 Å². The number of carbonyl (C=O) groups excluding carboxylic acids is 1. The minimum atomic E-state index is -1.57. The second kappa shape index (κ2) is 8.31. The first-order valence-electron chi connectivity index (χ1n) is 8.35. The largest absolute Gasteiger partial charge is 1.00 e. The number of nitrogens with zero attached hydrogens (tertiary/aromatic N) is 2. The fourth-order valence-electron chi connectivity index (χ4n) is 3.39. The van der Waals surface area contributed by atoms with Crippen molar-refractivity contribution >= 4 is 28.6 Å². The van der Waals surface area contributed by atoms with Gasteiger partial charge in [-0.2, -0.15) is 0 Å². The lowest BCUT2D eigenvalue weighted by Gasteiger charge is -2.34. The zero-order valence-corrected chi connectivity index (χ0v) is 17.9. The van der Waals surface area contributed by atoms with E-state index in [9.17, 15) is 9.90 Å². The molecule has 0 atom stereocenters. The molecule has 1 saturated heterocycles. The summed E-state index contributed by atoms with van der Waals surface area (Å²) in [5, 5.41) is 15.2. The van der Waals surface area contributed by atoms with Gasteiger partial charge < -0.3 is 31.5 Å². The van der Waals surface area contributed by atoms with E-state index in [0.29, 0.717) is 16.3 Å². The van der Waals surface area contributed by atoms with Crippen LogP contribution in [0.4, 0.5) is 0 Å². The molecule has 1 aliphatic rings. The molecule has 0 saturated carbocycles. The van der Waals surface area contributed by atoms with Gasteiger partial charge in [0.05, 0.1) is 43.0 Å². The van der Waals surface area contributed by atoms with E-state index in [-0.39, 0.29) is 22.9 Å². The Morgan fingerprint density at radius 3 is 2.16 bits per heavy atom. The molecule has 0 spiro atoms. The maximum atomic E-state index is 13.2. The Morgan fingerprint density at radius 2 is 1.72 bits per heavy atom. The van der Waals surface area contributed by atoms with Crippen molar-refractivity contribution < 1.29 is 31.4 Å². The minimum Gasteiger partial charge on any atom is -1.00 e. The Kier molecular flexibility index (Phi) is 6.84. The summed E-state index contributed by atoms with van der Waals surface area (Å²) in [4.78, 5) is 16.2. The number of amides is 1. The molecule has 2 aromatic rings. The number of quaternary nitrogens is 1. The van der Waals surface area contributed by atoms with E-state index in [1.807, 2.05) is 35.0 Å². The first kappa shape index (κ1) is 20.6. The van der Waals surface area contributed by atoms with Crippen LogP contribution >= 0.6 is 22.7 Å². The number of likely N-dealkylation sites (N-methyl/N-ethyl adjacent to an activating group) is 2. The highest BCUT2D eigenvalue weighted by Crippen LogP contribution is 2.37. The van der Waals surface area contributed by atoms with Crippen molar-refractivity contribution in [3.8, 4) is 0 Å². The predicted octanol–water partition coefficient (Wildman–Crippen LogP) is -0.252. The Hall–Kier alpha value is -0.730. The summed E-state index contributed by atoms with van der Waals surface area (Å²) >= 11 is 2.84. The van der Waals surface area contributed by atoms with Crippen LogP contribution in [-0.2, 0) is 10.4 Å². The number of hydrogen-bond acceptors (Lipinski definition) is 4.